The van der Waals surface area contributed by atoms with Crippen molar-refractivity contribution >= 4 is 40.4 Å². The van der Waals surface area contributed by atoms with E-state index >= 15 is 0 Å². The van der Waals surface area contributed by atoms with Gasteiger partial charge in [-0.1, -0.05) is 29.8 Å². The number of rotatable bonds is 7. The number of aromatic nitrogens is 4. The van der Waals surface area contributed by atoms with E-state index in [1.54, 1.807) is 25.1 Å². The number of nitrogen functional groups attached to an aromatic ring is 1. The molecule has 0 radical (unpaired) electrons. The lowest BCUT2D eigenvalue weighted by atomic mass is 9.76. The zero-order valence-corrected chi connectivity index (χ0v) is 24.6. The minimum atomic E-state index is -4.82. The van der Waals surface area contributed by atoms with Crippen molar-refractivity contribution in [1.29, 1.82) is 0 Å². The summed E-state index contributed by atoms with van der Waals surface area (Å²) in [5, 5.41) is 3.54. The Morgan fingerprint density at radius 1 is 1.18 bits per heavy atom. The number of ether oxygens (including phenoxy) is 2. The highest BCUT2D eigenvalue weighted by Gasteiger charge is 2.46. The van der Waals surface area contributed by atoms with Gasteiger partial charge >= 0.3 is 12.1 Å². The van der Waals surface area contributed by atoms with Gasteiger partial charge < -0.3 is 30.4 Å². The van der Waals surface area contributed by atoms with Crippen molar-refractivity contribution in [3.8, 4) is 17.0 Å². The number of aromatic amines is 1. The number of fused-ring (bicyclic) bond motifs is 1. The summed E-state index contributed by atoms with van der Waals surface area (Å²) in [5.41, 5.74) is 7.61. The smallest absolute Gasteiger partial charge is 0.429 e. The maximum absolute atomic E-state index is 14.7. The molecule has 0 amide bonds. The first kappa shape index (κ1) is 29.9. The van der Waals surface area contributed by atoms with E-state index in [9.17, 15) is 18.0 Å². The Morgan fingerprint density at radius 3 is 2.73 bits per heavy atom. The molecule has 0 aliphatic carbocycles. The van der Waals surface area contributed by atoms with Gasteiger partial charge in [-0.15, -0.1) is 0 Å². The van der Waals surface area contributed by atoms with Crippen LogP contribution in [-0.4, -0.2) is 64.4 Å². The normalized spacial score (nSPS) is 18.9. The van der Waals surface area contributed by atoms with Gasteiger partial charge in [-0.2, -0.15) is 23.1 Å². The van der Waals surface area contributed by atoms with Crippen LogP contribution < -0.4 is 20.7 Å². The fraction of sp³-hybridized carbons (Fsp3) is 0.400. The Bertz CT molecular complexity index is 1670. The Balaban J connectivity index is 1.26. The van der Waals surface area contributed by atoms with Gasteiger partial charge in [0.15, 0.2) is 0 Å². The number of hydrogen-bond acceptors (Lipinski definition) is 9. The largest absolute Gasteiger partial charge is 0.465 e. The molecule has 2 atom stereocenters. The number of nitrogens with two attached hydrogens (primary N) is 1. The number of hydrogen-bond donors (Lipinski definition) is 3. The molecule has 4 N–H and O–H groups in total. The molecule has 10 nitrogen and oxygen atoms in total. The Labute approximate surface area is 256 Å². The maximum Gasteiger partial charge on any atom is 0.429 e. The summed E-state index contributed by atoms with van der Waals surface area (Å²) in [7, 11) is 0. The van der Waals surface area contributed by atoms with Crippen molar-refractivity contribution in [3.63, 3.8) is 0 Å². The molecule has 44 heavy (non-hydrogen) atoms. The van der Waals surface area contributed by atoms with Crippen LogP contribution >= 0.6 is 11.6 Å². The van der Waals surface area contributed by atoms with Crippen molar-refractivity contribution in [2.24, 2.45) is 5.41 Å². The van der Waals surface area contributed by atoms with Gasteiger partial charge in [0.1, 0.15) is 11.9 Å². The molecule has 0 bridgehead atoms. The molecule has 1 spiro atoms. The Kier molecular flexibility index (Phi) is 8.01. The van der Waals surface area contributed by atoms with Crippen molar-refractivity contribution in [2.45, 2.75) is 44.5 Å². The molecular weight excluding hydrogens is 599 g/mol. The summed E-state index contributed by atoms with van der Waals surface area (Å²) >= 11 is 6.26. The third kappa shape index (κ3) is 5.98. The van der Waals surface area contributed by atoms with Crippen LogP contribution in [0.2, 0.25) is 5.02 Å². The summed E-state index contributed by atoms with van der Waals surface area (Å²) in [6.07, 6.45) is -3.54. The van der Waals surface area contributed by atoms with Gasteiger partial charge in [0.05, 0.1) is 24.0 Å². The fourth-order valence-electron chi connectivity index (χ4n) is 6.17. The number of alkyl halides is 3. The monoisotopic (exact) mass is 629 g/mol. The molecule has 2 aliphatic heterocycles. The van der Waals surface area contributed by atoms with E-state index in [1.807, 2.05) is 4.90 Å². The Hall–Kier alpha value is -4.10. The number of carbonyl (C=O) groups is 1. The van der Waals surface area contributed by atoms with Gasteiger partial charge in [-0.3, -0.25) is 4.79 Å². The first-order valence-electron chi connectivity index (χ1n) is 14.3. The predicted octanol–water partition coefficient (Wildman–Crippen LogP) is 5.45. The number of nitrogens with one attached hydrogen (secondary N) is 2. The summed E-state index contributed by atoms with van der Waals surface area (Å²) in [4.78, 5) is 29.8. The molecule has 14 heteroatoms. The summed E-state index contributed by atoms with van der Waals surface area (Å²) in [6.45, 7) is 3.94. The van der Waals surface area contributed by atoms with E-state index in [2.05, 4.69) is 25.3 Å². The van der Waals surface area contributed by atoms with Crippen LogP contribution in [0.15, 0.2) is 48.8 Å². The van der Waals surface area contributed by atoms with E-state index in [1.165, 1.54) is 30.6 Å². The second-order valence-electron chi connectivity index (χ2n) is 11.2. The van der Waals surface area contributed by atoms with Gasteiger partial charge in [0, 0.05) is 41.9 Å². The molecule has 4 heterocycles. The molecule has 2 fully saturated rings. The maximum atomic E-state index is 14.7. The van der Waals surface area contributed by atoms with E-state index in [-0.39, 0.29) is 45.4 Å². The lowest BCUT2D eigenvalue weighted by molar-refractivity contribution is -0.198. The SMILES string of the molecule is CCOC(=O)C1CC2(CCN(c3cc(O[C@H](c4ccc(Cl)cc4-c4cccc5[nH]cnc45)C(F)(F)F)nc(N)n3)CC2)CN1. The highest BCUT2D eigenvalue weighted by molar-refractivity contribution is 6.31. The van der Waals surface area contributed by atoms with Crippen LogP contribution in [0.25, 0.3) is 22.2 Å². The number of benzene rings is 2. The van der Waals surface area contributed by atoms with Crippen LogP contribution in [-0.2, 0) is 9.53 Å². The number of piperidine rings is 1. The number of esters is 1. The minimum Gasteiger partial charge on any atom is -0.465 e. The summed E-state index contributed by atoms with van der Waals surface area (Å²) in [5.74, 6) is -0.393. The zero-order chi connectivity index (χ0) is 31.1. The summed E-state index contributed by atoms with van der Waals surface area (Å²) < 4.78 is 54.9. The molecule has 4 aromatic rings. The van der Waals surface area contributed by atoms with E-state index in [4.69, 9.17) is 26.8 Å². The first-order valence-corrected chi connectivity index (χ1v) is 14.7. The van der Waals surface area contributed by atoms with Gasteiger partial charge in [-0.05, 0) is 55.4 Å². The lowest BCUT2D eigenvalue weighted by Crippen LogP contribution is -2.41. The topological polar surface area (TPSA) is 131 Å². The van der Waals surface area contributed by atoms with Crippen LogP contribution in [0, 0.1) is 5.41 Å². The second-order valence-corrected chi connectivity index (χ2v) is 11.6. The molecule has 0 saturated carbocycles. The fourth-order valence-corrected chi connectivity index (χ4v) is 6.34. The molecule has 6 rings (SSSR count). The number of H-pyrrole nitrogens is 1. The number of nitrogens with zero attached hydrogens (tertiary/aromatic N) is 4. The molecule has 2 aliphatic rings. The average molecular weight is 630 g/mol. The zero-order valence-electron chi connectivity index (χ0n) is 23.8. The molecule has 232 valence electrons. The second kappa shape index (κ2) is 11.8. The minimum absolute atomic E-state index is 0.0740. The summed E-state index contributed by atoms with van der Waals surface area (Å²) in [6, 6.07) is 10.4. The Morgan fingerprint density at radius 2 is 1.98 bits per heavy atom. The van der Waals surface area contributed by atoms with Gasteiger partial charge in [0.2, 0.25) is 17.9 Å². The number of anilines is 2. The van der Waals surface area contributed by atoms with Crippen molar-refractivity contribution < 1.29 is 27.4 Å². The molecule has 2 aromatic carbocycles. The van der Waals surface area contributed by atoms with Crippen LogP contribution in [0.5, 0.6) is 5.88 Å². The van der Waals surface area contributed by atoms with Crippen LogP contribution in [0.3, 0.4) is 0 Å². The number of halogens is 4. The number of imidazole rings is 1. The van der Waals surface area contributed by atoms with Gasteiger partial charge in [0.25, 0.3) is 0 Å². The van der Waals surface area contributed by atoms with E-state index in [0.29, 0.717) is 55.1 Å². The van der Waals surface area contributed by atoms with Crippen molar-refractivity contribution in [2.75, 3.05) is 36.9 Å². The predicted molar refractivity (Wildman–Crippen MR) is 159 cm³/mol. The lowest BCUT2D eigenvalue weighted by Gasteiger charge is -2.39. The molecule has 1 unspecified atom stereocenters. The highest BCUT2D eigenvalue weighted by Crippen LogP contribution is 2.44. The van der Waals surface area contributed by atoms with Crippen molar-refractivity contribution in [1.82, 2.24) is 25.3 Å². The molecule has 2 saturated heterocycles. The van der Waals surface area contributed by atoms with E-state index < -0.39 is 12.3 Å². The molecule has 2 aromatic heterocycles. The highest BCUT2D eigenvalue weighted by atomic mass is 35.5. The number of carbonyl (C=O) groups excluding carboxylic acids is 1. The van der Waals surface area contributed by atoms with E-state index in [0.717, 1.165) is 12.8 Å². The number of para-hydroxylation sites is 1. The molecular formula is C30H31ClF3N7O3. The third-order valence-corrected chi connectivity index (χ3v) is 8.59. The van der Waals surface area contributed by atoms with Crippen molar-refractivity contribution in [3.05, 3.63) is 59.4 Å². The van der Waals surface area contributed by atoms with Gasteiger partial charge in [-0.25, -0.2) is 4.98 Å². The third-order valence-electron chi connectivity index (χ3n) is 8.36. The van der Waals surface area contributed by atoms with Crippen LogP contribution in [0.4, 0.5) is 24.9 Å². The van der Waals surface area contributed by atoms with Crippen LogP contribution in [0.1, 0.15) is 37.9 Å². The first-order chi connectivity index (χ1) is 21.0. The average Bonchev–Trinajstić information content (AvgIpc) is 3.63. The standard InChI is InChI=1S/C30H31ClF3N7O3/c1-2-43-27(42)22-14-29(15-36-22)8-10-41(11-9-29)23-13-24(40-28(35)39-23)44-26(30(32,33)34)19-7-6-17(31)12-20(19)18-4-3-5-21-25(18)38-16-37-21/h3-7,12-13,16,22,26,36H,2,8-11,14-15H2,1H3,(H,37,38)(H2,35,39,40)/t22?,26-/m1/s1. The quantitative estimate of drug-likeness (QED) is 0.228.